The van der Waals surface area contributed by atoms with E-state index in [0.717, 1.165) is 11.3 Å². The van der Waals surface area contributed by atoms with Crippen molar-refractivity contribution in [1.29, 1.82) is 0 Å². The van der Waals surface area contributed by atoms with Crippen LogP contribution in [0.5, 0.6) is 0 Å². The lowest BCUT2D eigenvalue weighted by Gasteiger charge is -2.09. The molecule has 2 amide bonds. The minimum absolute atomic E-state index is 0.0495. The highest BCUT2D eigenvalue weighted by molar-refractivity contribution is 7.21. The highest BCUT2D eigenvalue weighted by Gasteiger charge is 2.28. The summed E-state index contributed by atoms with van der Waals surface area (Å²) in [5.74, 6) is -1.97. The Bertz CT molecular complexity index is 1070. The zero-order chi connectivity index (χ0) is 20.5. The predicted molar refractivity (Wildman–Crippen MR) is 99.6 cm³/mol. The van der Waals surface area contributed by atoms with Crippen molar-refractivity contribution in [2.24, 2.45) is 0 Å². The average Bonchev–Trinajstić information content (AvgIpc) is 2.95. The molecule has 3 aromatic rings. The number of fused-ring (bicyclic) bond motifs is 1. The summed E-state index contributed by atoms with van der Waals surface area (Å²) in [5.41, 5.74) is 0.149. The molecule has 0 spiro atoms. The van der Waals surface area contributed by atoms with Crippen molar-refractivity contribution >= 4 is 50.5 Å². The van der Waals surface area contributed by atoms with Crippen LogP contribution in [0.1, 0.15) is 20.0 Å². The Labute approximate surface area is 165 Å². The fraction of sp³-hybridized carbons (Fsp3) is 0.111. The molecule has 0 aliphatic rings. The Morgan fingerprint density at radius 1 is 1.07 bits per heavy atom. The van der Waals surface area contributed by atoms with Crippen LogP contribution in [0.15, 0.2) is 42.5 Å². The van der Waals surface area contributed by atoms with Crippen molar-refractivity contribution in [2.45, 2.75) is 6.18 Å². The number of thiophene rings is 1. The summed E-state index contributed by atoms with van der Waals surface area (Å²) in [6.07, 6.45) is -4.53. The molecule has 1 heterocycles. The van der Waals surface area contributed by atoms with Gasteiger partial charge in [0.15, 0.2) is 0 Å². The number of anilines is 1. The summed E-state index contributed by atoms with van der Waals surface area (Å²) in [6.45, 7) is -1.46. The molecule has 0 unspecified atom stereocenters. The SMILES string of the molecule is O=C(NCC(F)(F)F)c1cccc(NC(=O)c2sc3cc(F)ccc3c2Cl)c1. The zero-order valence-electron chi connectivity index (χ0n) is 13.9. The van der Waals surface area contributed by atoms with Crippen LogP contribution in [0.3, 0.4) is 0 Å². The maximum Gasteiger partial charge on any atom is 0.405 e. The lowest BCUT2D eigenvalue weighted by atomic mass is 10.2. The van der Waals surface area contributed by atoms with Crippen molar-refractivity contribution < 1.29 is 27.2 Å². The van der Waals surface area contributed by atoms with Gasteiger partial charge < -0.3 is 10.6 Å². The van der Waals surface area contributed by atoms with Crippen molar-refractivity contribution in [3.05, 3.63) is 63.7 Å². The van der Waals surface area contributed by atoms with E-state index in [4.69, 9.17) is 11.6 Å². The first-order valence-corrected chi connectivity index (χ1v) is 8.97. The lowest BCUT2D eigenvalue weighted by molar-refractivity contribution is -0.123. The minimum Gasteiger partial charge on any atom is -0.343 e. The molecular formula is C18H11ClF4N2O2S. The largest absolute Gasteiger partial charge is 0.405 e. The first-order chi connectivity index (χ1) is 13.1. The summed E-state index contributed by atoms with van der Waals surface area (Å²) in [6, 6.07) is 9.40. The minimum atomic E-state index is -4.53. The van der Waals surface area contributed by atoms with E-state index in [-0.39, 0.29) is 21.2 Å². The second kappa shape index (κ2) is 7.76. The van der Waals surface area contributed by atoms with Gasteiger partial charge in [-0.1, -0.05) is 17.7 Å². The smallest absolute Gasteiger partial charge is 0.343 e. The molecule has 2 aromatic carbocycles. The molecule has 0 radical (unpaired) electrons. The molecule has 0 aliphatic heterocycles. The number of rotatable bonds is 4. The number of halogens is 5. The second-order valence-corrected chi connectivity index (χ2v) is 7.15. The van der Waals surface area contributed by atoms with E-state index in [1.165, 1.54) is 42.5 Å². The van der Waals surface area contributed by atoms with Crippen LogP contribution in [-0.4, -0.2) is 24.5 Å². The molecule has 0 bridgehead atoms. The van der Waals surface area contributed by atoms with Crippen molar-refractivity contribution in [2.75, 3.05) is 11.9 Å². The molecule has 1 aromatic heterocycles. The van der Waals surface area contributed by atoms with Gasteiger partial charge in [0.1, 0.15) is 17.2 Å². The quantitative estimate of drug-likeness (QED) is 0.556. The van der Waals surface area contributed by atoms with Crippen LogP contribution in [-0.2, 0) is 0 Å². The van der Waals surface area contributed by atoms with E-state index in [1.807, 2.05) is 0 Å². The first kappa shape index (κ1) is 20.1. The van der Waals surface area contributed by atoms with Crippen LogP contribution >= 0.6 is 22.9 Å². The molecule has 2 N–H and O–H groups in total. The van der Waals surface area contributed by atoms with Crippen LogP contribution in [0.25, 0.3) is 10.1 Å². The topological polar surface area (TPSA) is 58.2 Å². The Balaban J connectivity index is 1.78. The Hall–Kier alpha value is -2.65. The third-order valence-corrected chi connectivity index (χ3v) is 5.29. The van der Waals surface area contributed by atoms with E-state index < -0.39 is 30.4 Å². The molecule has 0 aliphatic carbocycles. The van der Waals surface area contributed by atoms with Gasteiger partial charge in [-0.2, -0.15) is 13.2 Å². The highest BCUT2D eigenvalue weighted by Crippen LogP contribution is 2.36. The second-order valence-electron chi connectivity index (χ2n) is 5.72. The molecule has 4 nitrogen and oxygen atoms in total. The monoisotopic (exact) mass is 430 g/mol. The number of hydrogen-bond donors (Lipinski definition) is 2. The lowest BCUT2D eigenvalue weighted by Crippen LogP contribution is -2.33. The van der Waals surface area contributed by atoms with Gasteiger partial charge in [0.25, 0.3) is 11.8 Å². The van der Waals surface area contributed by atoms with E-state index in [9.17, 15) is 27.2 Å². The number of alkyl halides is 3. The van der Waals surface area contributed by atoms with Gasteiger partial charge in [0, 0.05) is 21.3 Å². The highest BCUT2D eigenvalue weighted by atomic mass is 35.5. The van der Waals surface area contributed by atoms with Gasteiger partial charge in [0.05, 0.1) is 5.02 Å². The van der Waals surface area contributed by atoms with Crippen molar-refractivity contribution in [3.8, 4) is 0 Å². The first-order valence-electron chi connectivity index (χ1n) is 7.78. The third kappa shape index (κ3) is 4.60. The molecule has 3 rings (SSSR count). The average molecular weight is 431 g/mol. The van der Waals surface area contributed by atoms with E-state index in [1.54, 1.807) is 5.32 Å². The molecule has 0 fully saturated rings. The van der Waals surface area contributed by atoms with Crippen LogP contribution < -0.4 is 10.6 Å². The van der Waals surface area contributed by atoms with E-state index in [0.29, 0.717) is 10.1 Å². The van der Waals surface area contributed by atoms with E-state index >= 15 is 0 Å². The molecule has 0 atom stereocenters. The number of hydrogen-bond acceptors (Lipinski definition) is 3. The molecule has 0 saturated heterocycles. The molecule has 146 valence electrons. The number of benzene rings is 2. The van der Waals surface area contributed by atoms with Crippen LogP contribution in [0.2, 0.25) is 5.02 Å². The number of nitrogens with one attached hydrogen (secondary N) is 2. The van der Waals surface area contributed by atoms with Crippen LogP contribution in [0.4, 0.5) is 23.2 Å². The van der Waals surface area contributed by atoms with Gasteiger partial charge in [-0.25, -0.2) is 4.39 Å². The summed E-state index contributed by atoms with van der Waals surface area (Å²) >= 11 is 7.19. The molecular weight excluding hydrogens is 420 g/mol. The Kier molecular flexibility index (Phi) is 5.57. The Morgan fingerprint density at radius 3 is 2.54 bits per heavy atom. The molecule has 28 heavy (non-hydrogen) atoms. The molecule has 0 saturated carbocycles. The van der Waals surface area contributed by atoms with Crippen LogP contribution in [0, 0.1) is 5.82 Å². The Morgan fingerprint density at radius 2 is 1.82 bits per heavy atom. The van der Waals surface area contributed by atoms with Gasteiger partial charge >= 0.3 is 6.18 Å². The molecule has 10 heteroatoms. The van der Waals surface area contributed by atoms with E-state index in [2.05, 4.69) is 5.32 Å². The zero-order valence-corrected chi connectivity index (χ0v) is 15.4. The number of carbonyl (C=O) groups excluding carboxylic acids is 2. The van der Waals surface area contributed by atoms with Gasteiger partial charge in [-0.05, 0) is 36.4 Å². The number of amides is 2. The predicted octanol–water partition coefficient (Wildman–Crippen LogP) is 5.24. The summed E-state index contributed by atoms with van der Waals surface area (Å²) in [4.78, 5) is 24.5. The third-order valence-electron chi connectivity index (χ3n) is 3.63. The van der Waals surface area contributed by atoms with Gasteiger partial charge in [-0.3, -0.25) is 9.59 Å². The summed E-state index contributed by atoms with van der Waals surface area (Å²) in [5, 5.41) is 4.98. The normalized spacial score (nSPS) is 11.5. The summed E-state index contributed by atoms with van der Waals surface area (Å²) in [7, 11) is 0. The summed E-state index contributed by atoms with van der Waals surface area (Å²) < 4.78 is 50.5. The van der Waals surface area contributed by atoms with Gasteiger partial charge in [0.2, 0.25) is 0 Å². The standard InChI is InChI=1S/C18H11ClF4N2O2S/c19-14-12-5-4-10(20)7-13(12)28-15(14)17(27)25-11-3-1-2-9(6-11)16(26)24-8-18(21,22)23/h1-7H,8H2,(H,24,26)(H,25,27). The maximum atomic E-state index is 13.3. The fourth-order valence-electron chi connectivity index (χ4n) is 2.39. The maximum absolute atomic E-state index is 13.3. The van der Waals surface area contributed by atoms with Gasteiger partial charge in [-0.15, -0.1) is 11.3 Å². The van der Waals surface area contributed by atoms with Crippen molar-refractivity contribution in [3.63, 3.8) is 0 Å². The fourth-order valence-corrected chi connectivity index (χ4v) is 3.83. The number of carbonyl (C=O) groups is 2. The van der Waals surface area contributed by atoms with Crippen molar-refractivity contribution in [1.82, 2.24) is 5.32 Å².